The molecule has 1 aromatic carbocycles. The SMILES string of the molecule is CNCCC1c2cc(OC)c(OC)cc2CCN1C. The van der Waals surface area contributed by atoms with Gasteiger partial charge in [-0.05, 0) is 56.7 Å². The summed E-state index contributed by atoms with van der Waals surface area (Å²) < 4.78 is 10.8. The summed E-state index contributed by atoms with van der Waals surface area (Å²) in [5.41, 5.74) is 2.76. The minimum atomic E-state index is 0.455. The molecular formula is C15H24N2O2. The third-order valence-corrected chi connectivity index (χ3v) is 3.94. The van der Waals surface area contributed by atoms with Crippen LogP contribution in [0.4, 0.5) is 0 Å². The van der Waals surface area contributed by atoms with Gasteiger partial charge in [0.25, 0.3) is 0 Å². The van der Waals surface area contributed by atoms with Gasteiger partial charge in [-0.15, -0.1) is 0 Å². The van der Waals surface area contributed by atoms with Crippen molar-refractivity contribution in [3.05, 3.63) is 23.3 Å². The van der Waals surface area contributed by atoms with Crippen LogP contribution in [-0.4, -0.2) is 46.3 Å². The third-order valence-electron chi connectivity index (χ3n) is 3.94. The number of ether oxygens (including phenoxy) is 2. The smallest absolute Gasteiger partial charge is 0.161 e. The Hall–Kier alpha value is -1.26. The molecule has 0 aliphatic carbocycles. The zero-order chi connectivity index (χ0) is 13.8. The Balaban J connectivity index is 2.37. The van der Waals surface area contributed by atoms with Gasteiger partial charge in [-0.1, -0.05) is 0 Å². The van der Waals surface area contributed by atoms with Gasteiger partial charge in [0.15, 0.2) is 11.5 Å². The average molecular weight is 264 g/mol. The molecule has 1 atom stereocenters. The van der Waals surface area contributed by atoms with Crippen LogP contribution >= 0.6 is 0 Å². The lowest BCUT2D eigenvalue weighted by Gasteiger charge is -2.35. The fourth-order valence-electron chi connectivity index (χ4n) is 2.81. The molecule has 0 amide bonds. The van der Waals surface area contributed by atoms with Gasteiger partial charge in [-0.3, -0.25) is 4.90 Å². The Labute approximate surface area is 115 Å². The summed E-state index contributed by atoms with van der Waals surface area (Å²) in [6, 6.07) is 4.73. The van der Waals surface area contributed by atoms with Crippen LogP contribution in [-0.2, 0) is 6.42 Å². The quantitative estimate of drug-likeness (QED) is 0.880. The molecule has 0 bridgehead atoms. The van der Waals surface area contributed by atoms with Crippen LogP contribution in [0.1, 0.15) is 23.6 Å². The maximum absolute atomic E-state index is 5.43. The van der Waals surface area contributed by atoms with Crippen LogP contribution in [0, 0.1) is 0 Å². The number of likely N-dealkylation sites (N-methyl/N-ethyl adjacent to an activating group) is 1. The molecule has 4 heteroatoms. The first kappa shape index (κ1) is 14.2. The zero-order valence-corrected chi connectivity index (χ0v) is 12.3. The number of hydrogen-bond donors (Lipinski definition) is 1. The molecule has 0 radical (unpaired) electrons. The standard InChI is InChI=1S/C15H24N2O2/c1-16-7-5-13-12-10-15(19-4)14(18-3)9-11(12)6-8-17(13)2/h9-10,13,16H,5-8H2,1-4H3. The van der Waals surface area contributed by atoms with E-state index in [1.54, 1.807) is 14.2 Å². The summed E-state index contributed by atoms with van der Waals surface area (Å²) in [5.74, 6) is 1.66. The van der Waals surface area contributed by atoms with Gasteiger partial charge in [0.2, 0.25) is 0 Å². The number of fused-ring (bicyclic) bond motifs is 1. The topological polar surface area (TPSA) is 33.7 Å². The maximum atomic E-state index is 5.43. The van der Waals surface area contributed by atoms with E-state index in [0.717, 1.165) is 37.4 Å². The Bertz CT molecular complexity index is 434. The summed E-state index contributed by atoms with van der Waals surface area (Å²) in [5, 5.41) is 3.23. The molecule has 1 aromatic rings. The molecule has 0 saturated carbocycles. The molecule has 1 N–H and O–H groups in total. The van der Waals surface area contributed by atoms with Crippen molar-refractivity contribution in [2.75, 3.05) is 41.4 Å². The predicted molar refractivity (Wildman–Crippen MR) is 77.2 cm³/mol. The van der Waals surface area contributed by atoms with Crippen LogP contribution in [0.2, 0.25) is 0 Å². The fourth-order valence-corrected chi connectivity index (χ4v) is 2.81. The van der Waals surface area contributed by atoms with Crippen LogP contribution < -0.4 is 14.8 Å². The Morgan fingerprint density at radius 2 is 1.95 bits per heavy atom. The summed E-state index contributed by atoms with van der Waals surface area (Å²) in [6.45, 7) is 2.11. The lowest BCUT2D eigenvalue weighted by Crippen LogP contribution is -2.33. The Kier molecular flexibility index (Phi) is 4.66. The van der Waals surface area contributed by atoms with Crippen molar-refractivity contribution < 1.29 is 9.47 Å². The van der Waals surface area contributed by atoms with Gasteiger partial charge < -0.3 is 14.8 Å². The number of methoxy groups -OCH3 is 2. The molecule has 2 rings (SSSR count). The molecule has 0 fully saturated rings. The molecular weight excluding hydrogens is 240 g/mol. The highest BCUT2D eigenvalue weighted by Crippen LogP contribution is 2.38. The third kappa shape index (κ3) is 2.85. The second-order valence-electron chi connectivity index (χ2n) is 5.04. The van der Waals surface area contributed by atoms with E-state index in [9.17, 15) is 0 Å². The van der Waals surface area contributed by atoms with Crippen molar-refractivity contribution >= 4 is 0 Å². The minimum absolute atomic E-state index is 0.455. The predicted octanol–water partition coefficient (Wildman–Crippen LogP) is 1.84. The molecule has 19 heavy (non-hydrogen) atoms. The molecule has 4 nitrogen and oxygen atoms in total. The largest absolute Gasteiger partial charge is 0.493 e. The van der Waals surface area contributed by atoms with Gasteiger partial charge in [0.1, 0.15) is 0 Å². The maximum Gasteiger partial charge on any atom is 0.161 e. The number of benzene rings is 1. The van der Waals surface area contributed by atoms with E-state index in [0.29, 0.717) is 6.04 Å². The number of nitrogens with one attached hydrogen (secondary N) is 1. The van der Waals surface area contributed by atoms with E-state index in [-0.39, 0.29) is 0 Å². The van der Waals surface area contributed by atoms with Gasteiger partial charge in [0, 0.05) is 12.6 Å². The van der Waals surface area contributed by atoms with Crippen molar-refractivity contribution in [3.63, 3.8) is 0 Å². The lowest BCUT2D eigenvalue weighted by atomic mass is 9.90. The molecule has 1 aliphatic heterocycles. The summed E-state index contributed by atoms with van der Waals surface area (Å²) in [6.07, 6.45) is 2.18. The van der Waals surface area contributed by atoms with E-state index in [4.69, 9.17) is 9.47 Å². The van der Waals surface area contributed by atoms with Crippen LogP contribution in [0.3, 0.4) is 0 Å². The van der Waals surface area contributed by atoms with Crippen molar-refractivity contribution in [2.24, 2.45) is 0 Å². The molecule has 106 valence electrons. The van der Waals surface area contributed by atoms with Gasteiger partial charge in [0.05, 0.1) is 14.2 Å². The first-order valence-electron chi connectivity index (χ1n) is 6.81. The molecule has 1 unspecified atom stereocenters. The molecule has 0 spiro atoms. The van der Waals surface area contributed by atoms with Crippen molar-refractivity contribution in [1.82, 2.24) is 10.2 Å². The van der Waals surface area contributed by atoms with E-state index < -0.39 is 0 Å². The first-order valence-corrected chi connectivity index (χ1v) is 6.81. The van der Waals surface area contributed by atoms with Crippen molar-refractivity contribution in [2.45, 2.75) is 18.9 Å². The van der Waals surface area contributed by atoms with Crippen LogP contribution in [0.5, 0.6) is 11.5 Å². The van der Waals surface area contributed by atoms with Crippen LogP contribution in [0.25, 0.3) is 0 Å². The van der Waals surface area contributed by atoms with E-state index in [2.05, 4.69) is 29.4 Å². The minimum Gasteiger partial charge on any atom is -0.493 e. The van der Waals surface area contributed by atoms with E-state index in [1.807, 2.05) is 7.05 Å². The van der Waals surface area contributed by atoms with Gasteiger partial charge in [-0.25, -0.2) is 0 Å². The highest BCUT2D eigenvalue weighted by atomic mass is 16.5. The van der Waals surface area contributed by atoms with Crippen LogP contribution in [0.15, 0.2) is 12.1 Å². The van der Waals surface area contributed by atoms with E-state index >= 15 is 0 Å². The van der Waals surface area contributed by atoms with Crippen molar-refractivity contribution in [3.8, 4) is 11.5 Å². The zero-order valence-electron chi connectivity index (χ0n) is 12.3. The first-order chi connectivity index (χ1) is 9.21. The number of rotatable bonds is 5. The highest BCUT2D eigenvalue weighted by molar-refractivity contribution is 5.49. The number of nitrogens with zero attached hydrogens (tertiary/aromatic N) is 1. The lowest BCUT2D eigenvalue weighted by molar-refractivity contribution is 0.218. The second-order valence-corrected chi connectivity index (χ2v) is 5.04. The summed E-state index contributed by atoms with van der Waals surface area (Å²) >= 11 is 0. The number of hydrogen-bond acceptors (Lipinski definition) is 4. The average Bonchev–Trinajstić information content (AvgIpc) is 2.44. The Morgan fingerprint density at radius 3 is 2.58 bits per heavy atom. The second kappa shape index (κ2) is 6.26. The highest BCUT2D eigenvalue weighted by Gasteiger charge is 2.26. The molecule has 1 aliphatic rings. The monoisotopic (exact) mass is 264 g/mol. The van der Waals surface area contributed by atoms with Crippen molar-refractivity contribution in [1.29, 1.82) is 0 Å². The van der Waals surface area contributed by atoms with Gasteiger partial charge in [-0.2, -0.15) is 0 Å². The molecule has 0 saturated heterocycles. The normalized spacial score (nSPS) is 19.1. The summed E-state index contributed by atoms with van der Waals surface area (Å²) in [7, 11) is 7.58. The fraction of sp³-hybridized carbons (Fsp3) is 0.600. The summed E-state index contributed by atoms with van der Waals surface area (Å²) in [4.78, 5) is 2.42. The Morgan fingerprint density at radius 1 is 1.26 bits per heavy atom. The molecule has 0 aromatic heterocycles. The van der Waals surface area contributed by atoms with E-state index in [1.165, 1.54) is 11.1 Å². The van der Waals surface area contributed by atoms with Gasteiger partial charge >= 0.3 is 0 Å². The molecule has 1 heterocycles.